The first kappa shape index (κ1) is 16.3. The molecule has 0 spiro atoms. The van der Waals surface area contributed by atoms with E-state index in [0.717, 1.165) is 0 Å². The quantitative estimate of drug-likeness (QED) is 0.901. The monoisotopic (exact) mass is 298 g/mol. The Labute approximate surface area is 123 Å². The fourth-order valence-corrected chi connectivity index (χ4v) is 1.48. The first-order valence-corrected chi connectivity index (χ1v) is 6.60. The Hall–Kier alpha value is -1.75. The smallest absolute Gasteiger partial charge is 0.321 e. The van der Waals surface area contributed by atoms with Crippen LogP contribution >= 0.6 is 11.6 Å². The minimum atomic E-state index is -0.790. The highest BCUT2D eigenvalue weighted by Gasteiger charge is 2.20. The Balaban J connectivity index is 2.51. The van der Waals surface area contributed by atoms with Crippen LogP contribution in [0.25, 0.3) is 0 Å². The number of carbonyl (C=O) groups excluding carboxylic acids is 2. The zero-order valence-corrected chi connectivity index (χ0v) is 12.7. The van der Waals surface area contributed by atoms with E-state index in [-0.39, 0.29) is 0 Å². The summed E-state index contributed by atoms with van der Waals surface area (Å²) >= 11 is 5.75. The number of carbonyl (C=O) groups is 2. The highest BCUT2D eigenvalue weighted by atomic mass is 35.5. The van der Waals surface area contributed by atoms with Gasteiger partial charge in [-0.3, -0.25) is 10.1 Å². The molecule has 20 heavy (non-hydrogen) atoms. The number of benzene rings is 1. The average molecular weight is 299 g/mol. The van der Waals surface area contributed by atoms with E-state index in [1.54, 1.807) is 31.2 Å². The Morgan fingerprint density at radius 2 is 1.75 bits per heavy atom. The van der Waals surface area contributed by atoms with Crippen molar-refractivity contribution in [3.05, 3.63) is 29.3 Å². The number of halogens is 1. The number of rotatable bonds is 3. The zero-order chi connectivity index (χ0) is 15.3. The second-order valence-electron chi connectivity index (χ2n) is 5.41. The molecule has 110 valence electrons. The molecule has 0 heterocycles. The number of urea groups is 1. The Bertz CT molecular complexity index is 480. The summed E-state index contributed by atoms with van der Waals surface area (Å²) in [4.78, 5) is 23.3. The van der Waals surface area contributed by atoms with Crippen molar-refractivity contribution in [2.24, 2.45) is 0 Å². The lowest BCUT2D eigenvalue weighted by Crippen LogP contribution is -2.50. The molecule has 1 aromatic carbocycles. The molecule has 0 aromatic heterocycles. The van der Waals surface area contributed by atoms with Crippen molar-refractivity contribution in [2.45, 2.75) is 39.3 Å². The van der Waals surface area contributed by atoms with Crippen LogP contribution in [0.15, 0.2) is 24.3 Å². The first-order chi connectivity index (χ1) is 9.17. The fourth-order valence-electron chi connectivity index (χ4n) is 1.36. The van der Waals surface area contributed by atoms with Crippen molar-refractivity contribution in [3.8, 4) is 5.75 Å². The van der Waals surface area contributed by atoms with Gasteiger partial charge in [0.1, 0.15) is 5.75 Å². The topological polar surface area (TPSA) is 67.4 Å². The summed E-state index contributed by atoms with van der Waals surface area (Å²) in [5.74, 6) is -0.00465. The number of nitrogens with one attached hydrogen (secondary N) is 2. The van der Waals surface area contributed by atoms with Gasteiger partial charge in [0.15, 0.2) is 6.10 Å². The van der Waals surface area contributed by atoms with Gasteiger partial charge in [-0.05, 0) is 52.0 Å². The van der Waals surface area contributed by atoms with Crippen molar-refractivity contribution in [1.82, 2.24) is 10.6 Å². The average Bonchev–Trinajstić information content (AvgIpc) is 2.29. The summed E-state index contributed by atoms with van der Waals surface area (Å²) in [6, 6.07) is 6.08. The summed E-state index contributed by atoms with van der Waals surface area (Å²) in [7, 11) is 0. The first-order valence-electron chi connectivity index (χ1n) is 6.22. The molecular weight excluding hydrogens is 280 g/mol. The van der Waals surface area contributed by atoms with Crippen LogP contribution in [0.5, 0.6) is 5.75 Å². The van der Waals surface area contributed by atoms with Crippen LogP contribution in [0.3, 0.4) is 0 Å². The lowest BCUT2D eigenvalue weighted by atomic mass is 10.1. The van der Waals surface area contributed by atoms with Crippen molar-refractivity contribution in [3.63, 3.8) is 0 Å². The summed E-state index contributed by atoms with van der Waals surface area (Å²) in [6.45, 7) is 7.04. The van der Waals surface area contributed by atoms with Gasteiger partial charge in [0.25, 0.3) is 5.91 Å². The maximum atomic E-state index is 11.8. The van der Waals surface area contributed by atoms with Crippen molar-refractivity contribution in [1.29, 1.82) is 0 Å². The fraction of sp³-hybridized carbons (Fsp3) is 0.429. The number of hydrogen-bond donors (Lipinski definition) is 2. The maximum Gasteiger partial charge on any atom is 0.321 e. The zero-order valence-electron chi connectivity index (χ0n) is 12.0. The van der Waals surface area contributed by atoms with Gasteiger partial charge in [-0.15, -0.1) is 0 Å². The second kappa shape index (κ2) is 6.61. The van der Waals surface area contributed by atoms with E-state index in [4.69, 9.17) is 16.3 Å². The molecule has 0 aliphatic carbocycles. The van der Waals surface area contributed by atoms with Crippen LogP contribution in [-0.2, 0) is 4.79 Å². The van der Waals surface area contributed by atoms with Crippen LogP contribution in [0.2, 0.25) is 5.02 Å². The van der Waals surface area contributed by atoms with Crippen LogP contribution in [0.4, 0.5) is 4.79 Å². The highest BCUT2D eigenvalue weighted by molar-refractivity contribution is 6.30. The van der Waals surface area contributed by atoms with E-state index < -0.39 is 23.6 Å². The molecule has 5 nitrogen and oxygen atoms in total. The lowest BCUT2D eigenvalue weighted by Gasteiger charge is -2.21. The van der Waals surface area contributed by atoms with Gasteiger partial charge in [-0.1, -0.05) is 11.6 Å². The van der Waals surface area contributed by atoms with E-state index in [1.165, 1.54) is 0 Å². The van der Waals surface area contributed by atoms with E-state index in [1.807, 2.05) is 20.8 Å². The van der Waals surface area contributed by atoms with Crippen LogP contribution in [0.1, 0.15) is 27.7 Å². The van der Waals surface area contributed by atoms with Gasteiger partial charge in [0, 0.05) is 10.6 Å². The Kier molecular flexibility index (Phi) is 5.39. The molecule has 1 atom stereocenters. The minimum Gasteiger partial charge on any atom is -0.481 e. The summed E-state index contributed by atoms with van der Waals surface area (Å²) in [5, 5.41) is 5.44. The Morgan fingerprint density at radius 1 is 1.20 bits per heavy atom. The standard InChI is InChI=1S/C14H19ClN2O3/c1-9(20-11-7-5-10(15)6-8-11)12(18)16-13(19)17-14(2,3)4/h5-9H,1-4H3,(H2,16,17,18,19)/t9-/m1/s1. The summed E-state index contributed by atoms with van der Waals surface area (Å²) < 4.78 is 5.41. The van der Waals surface area contributed by atoms with E-state index in [0.29, 0.717) is 10.8 Å². The van der Waals surface area contributed by atoms with Gasteiger partial charge in [0.05, 0.1) is 0 Å². The molecule has 6 heteroatoms. The van der Waals surface area contributed by atoms with Gasteiger partial charge < -0.3 is 10.1 Å². The molecule has 0 saturated heterocycles. The van der Waals surface area contributed by atoms with Gasteiger partial charge in [0.2, 0.25) is 0 Å². The molecule has 0 bridgehead atoms. The van der Waals surface area contributed by atoms with E-state index in [9.17, 15) is 9.59 Å². The molecule has 0 aliphatic heterocycles. The minimum absolute atomic E-state index is 0.412. The maximum absolute atomic E-state index is 11.8. The van der Waals surface area contributed by atoms with Crippen molar-refractivity contribution >= 4 is 23.5 Å². The van der Waals surface area contributed by atoms with E-state index >= 15 is 0 Å². The van der Waals surface area contributed by atoms with Crippen molar-refractivity contribution < 1.29 is 14.3 Å². The van der Waals surface area contributed by atoms with Crippen molar-refractivity contribution in [2.75, 3.05) is 0 Å². The Morgan fingerprint density at radius 3 is 2.25 bits per heavy atom. The summed E-state index contributed by atoms with van der Waals surface area (Å²) in [5.41, 5.74) is -0.412. The number of hydrogen-bond acceptors (Lipinski definition) is 3. The third kappa shape index (κ3) is 5.93. The molecule has 2 N–H and O–H groups in total. The molecule has 0 radical (unpaired) electrons. The molecule has 0 unspecified atom stereocenters. The van der Waals surface area contributed by atoms with Gasteiger partial charge >= 0.3 is 6.03 Å². The molecule has 1 rings (SSSR count). The summed E-state index contributed by atoms with van der Waals surface area (Å²) in [6.07, 6.45) is -0.790. The van der Waals surface area contributed by atoms with Gasteiger partial charge in [-0.2, -0.15) is 0 Å². The third-order valence-electron chi connectivity index (χ3n) is 2.22. The largest absolute Gasteiger partial charge is 0.481 e. The van der Waals surface area contributed by atoms with Crippen LogP contribution < -0.4 is 15.4 Å². The third-order valence-corrected chi connectivity index (χ3v) is 2.47. The number of amides is 3. The predicted octanol–water partition coefficient (Wildman–Crippen LogP) is 2.73. The normalized spacial score (nSPS) is 12.4. The number of ether oxygens (including phenoxy) is 1. The molecule has 0 saturated carbocycles. The van der Waals surface area contributed by atoms with E-state index in [2.05, 4.69) is 10.6 Å². The highest BCUT2D eigenvalue weighted by Crippen LogP contribution is 2.16. The molecule has 0 fully saturated rings. The second-order valence-corrected chi connectivity index (χ2v) is 5.84. The lowest BCUT2D eigenvalue weighted by molar-refractivity contribution is -0.126. The molecule has 1 aromatic rings. The molecular formula is C14H19ClN2O3. The SMILES string of the molecule is C[C@@H](Oc1ccc(Cl)cc1)C(=O)NC(=O)NC(C)(C)C. The van der Waals surface area contributed by atoms with Crippen LogP contribution in [-0.4, -0.2) is 23.6 Å². The van der Waals surface area contributed by atoms with Crippen LogP contribution in [0, 0.1) is 0 Å². The molecule has 3 amide bonds. The number of imide groups is 1. The molecule has 0 aliphatic rings. The van der Waals surface area contributed by atoms with Gasteiger partial charge in [-0.25, -0.2) is 4.79 Å². The predicted molar refractivity (Wildman–Crippen MR) is 78.0 cm³/mol.